The van der Waals surface area contributed by atoms with Gasteiger partial charge >= 0.3 is 11.9 Å². The van der Waals surface area contributed by atoms with Gasteiger partial charge in [-0.15, -0.1) is 0 Å². The van der Waals surface area contributed by atoms with Crippen molar-refractivity contribution in [3.63, 3.8) is 0 Å². The molecule has 0 radical (unpaired) electrons. The molecule has 4 saturated heterocycles. The summed E-state index contributed by atoms with van der Waals surface area (Å²) in [6, 6.07) is 1.94. The first kappa shape index (κ1) is 31.7. The van der Waals surface area contributed by atoms with E-state index in [2.05, 4.69) is 13.8 Å². The Labute approximate surface area is 283 Å². The predicted molar refractivity (Wildman–Crippen MR) is 171 cm³/mol. The average Bonchev–Trinajstić information content (AvgIpc) is 3.55. The number of ether oxygens (including phenoxy) is 4. The molecule has 9 nitrogen and oxygen atoms in total. The van der Waals surface area contributed by atoms with E-state index in [1.54, 1.807) is 6.26 Å². The molecule has 5 heterocycles. The van der Waals surface area contributed by atoms with Crippen molar-refractivity contribution >= 4 is 17.7 Å². The third-order valence-electron chi connectivity index (χ3n) is 15.4. The number of Topliss-reactive ketones (excluding diaryl/α,β-unsaturated/α-hetero) is 1. The Morgan fingerprint density at radius 2 is 1.67 bits per heavy atom. The first-order valence-electron chi connectivity index (χ1n) is 19.0. The van der Waals surface area contributed by atoms with Gasteiger partial charge in [0.2, 0.25) is 0 Å². The Hall–Kier alpha value is -2.23. The van der Waals surface area contributed by atoms with Crippen LogP contribution in [-0.4, -0.2) is 58.9 Å². The number of esters is 2. The highest BCUT2D eigenvalue weighted by Gasteiger charge is 2.93. The molecular weight excluding hydrogens is 612 g/mol. The van der Waals surface area contributed by atoms with Crippen molar-refractivity contribution in [3.05, 3.63) is 23.7 Å². The van der Waals surface area contributed by atoms with Gasteiger partial charge < -0.3 is 28.5 Å². The number of aliphatic hydroxyl groups excluding tert-OH is 1. The van der Waals surface area contributed by atoms with Gasteiger partial charge in [-0.2, -0.15) is 0 Å². The van der Waals surface area contributed by atoms with E-state index < -0.39 is 69.2 Å². The van der Waals surface area contributed by atoms with Gasteiger partial charge in [-0.25, -0.2) is 4.79 Å². The zero-order valence-electron chi connectivity index (χ0n) is 29.0. The van der Waals surface area contributed by atoms with Crippen LogP contribution in [0.4, 0.5) is 0 Å². The lowest BCUT2D eigenvalue weighted by Gasteiger charge is -2.70. The maximum absolute atomic E-state index is 15.2. The normalized spacial score (nSPS) is 46.7. The van der Waals surface area contributed by atoms with E-state index in [0.29, 0.717) is 25.7 Å². The van der Waals surface area contributed by atoms with E-state index in [-0.39, 0.29) is 30.2 Å². The summed E-state index contributed by atoms with van der Waals surface area (Å²) in [5.41, 5.74) is -4.56. The zero-order valence-corrected chi connectivity index (χ0v) is 29.0. The van der Waals surface area contributed by atoms with Crippen molar-refractivity contribution in [2.45, 2.75) is 153 Å². The van der Waals surface area contributed by atoms with Crippen molar-refractivity contribution in [1.82, 2.24) is 0 Å². The van der Waals surface area contributed by atoms with Crippen molar-refractivity contribution in [2.24, 2.45) is 39.4 Å². The maximum atomic E-state index is 15.2. The Balaban J connectivity index is 1.26. The second-order valence-electron chi connectivity index (χ2n) is 17.6. The molecule has 4 saturated carbocycles. The quantitative estimate of drug-likeness (QED) is 0.216. The van der Waals surface area contributed by atoms with E-state index in [4.69, 9.17) is 23.4 Å². The number of cyclic esters (lactones) is 2. The predicted octanol–water partition coefficient (Wildman–Crippen LogP) is 6.18. The minimum Gasteiger partial charge on any atom is -0.469 e. The molecule has 1 N–H and O–H groups in total. The number of fused-ring (bicyclic) bond motifs is 2. The molecule has 8 fully saturated rings. The zero-order chi connectivity index (χ0) is 33.5. The molecule has 0 bridgehead atoms. The summed E-state index contributed by atoms with van der Waals surface area (Å²) in [7, 11) is 0. The van der Waals surface area contributed by atoms with Crippen molar-refractivity contribution in [2.75, 3.05) is 6.61 Å². The van der Waals surface area contributed by atoms with Gasteiger partial charge in [0.25, 0.3) is 0 Å². The number of rotatable bonds is 6. The summed E-state index contributed by atoms with van der Waals surface area (Å²) in [6.45, 7) is 8.37. The van der Waals surface area contributed by atoms with Crippen LogP contribution in [0.5, 0.6) is 0 Å². The van der Waals surface area contributed by atoms with Crippen LogP contribution >= 0.6 is 0 Å². The Morgan fingerprint density at radius 1 is 0.917 bits per heavy atom. The first-order chi connectivity index (χ1) is 23.0. The van der Waals surface area contributed by atoms with Gasteiger partial charge in [-0.05, 0) is 76.7 Å². The number of carbonyl (C=O) groups is 3. The molecule has 0 amide bonds. The fraction of sp³-hybridized carbons (Fsp3) is 0.821. The largest absolute Gasteiger partial charge is 0.469 e. The number of hydrogen-bond acceptors (Lipinski definition) is 9. The molecule has 8 aliphatic rings. The molecule has 1 unspecified atom stereocenters. The SMILES string of the molecule is CCCCCc1occc1[C@H]1OC(=O)[C@H]2O[C@@]23[C@@]2(C4CCCC4)C(CC[C@]13C)[C@@]13COC(=O)C4(CCCC4)[C@@H]1OC(C)(C)[C@H]3C(=O)[C@H]2O. The number of unbranched alkanes of at least 4 members (excludes halogenated alkanes) is 2. The molecule has 4 aliphatic carbocycles. The number of furan rings is 1. The molecule has 262 valence electrons. The van der Waals surface area contributed by atoms with E-state index in [1.165, 1.54) is 0 Å². The minimum absolute atomic E-state index is 0.0390. The highest BCUT2D eigenvalue weighted by Crippen LogP contribution is 2.83. The number of hydrogen-bond donors (Lipinski definition) is 1. The van der Waals surface area contributed by atoms with Crippen molar-refractivity contribution < 1.29 is 42.9 Å². The highest BCUT2D eigenvalue weighted by atomic mass is 16.7. The van der Waals surface area contributed by atoms with E-state index >= 15 is 4.79 Å². The third-order valence-corrected chi connectivity index (χ3v) is 15.4. The molecule has 3 spiro atoms. The molecule has 0 aromatic carbocycles. The van der Waals surface area contributed by atoms with Gasteiger partial charge in [-0.3, -0.25) is 9.59 Å². The van der Waals surface area contributed by atoms with Crippen LogP contribution in [0.2, 0.25) is 0 Å². The topological polar surface area (TPSA) is 125 Å². The molecule has 4 aliphatic heterocycles. The Morgan fingerprint density at radius 3 is 2.40 bits per heavy atom. The summed E-state index contributed by atoms with van der Waals surface area (Å²) < 4.78 is 32.7. The number of carbonyl (C=O) groups excluding carboxylic acids is 3. The molecule has 10 atom stereocenters. The Kier molecular flexibility index (Phi) is 6.73. The van der Waals surface area contributed by atoms with Crippen molar-refractivity contribution in [3.8, 4) is 0 Å². The van der Waals surface area contributed by atoms with E-state index in [1.807, 2.05) is 19.9 Å². The maximum Gasteiger partial charge on any atom is 0.339 e. The molecule has 1 aromatic heterocycles. The number of aliphatic hydroxyl groups is 1. The monoisotopic (exact) mass is 664 g/mol. The summed E-state index contributed by atoms with van der Waals surface area (Å²) in [4.78, 5) is 43.2. The lowest BCUT2D eigenvalue weighted by Crippen LogP contribution is -2.79. The Bertz CT molecular complexity index is 1530. The summed E-state index contributed by atoms with van der Waals surface area (Å²) >= 11 is 0. The van der Waals surface area contributed by atoms with Crippen LogP contribution in [0.3, 0.4) is 0 Å². The average molecular weight is 665 g/mol. The van der Waals surface area contributed by atoms with Crippen LogP contribution in [-0.2, 0) is 39.8 Å². The van der Waals surface area contributed by atoms with Crippen LogP contribution in [0, 0.1) is 39.4 Å². The summed E-state index contributed by atoms with van der Waals surface area (Å²) in [5.74, 6) is -0.946. The summed E-state index contributed by atoms with van der Waals surface area (Å²) in [6.07, 6.45) is 10.5. The van der Waals surface area contributed by atoms with E-state index in [9.17, 15) is 14.7 Å². The molecular formula is C39H52O9. The van der Waals surface area contributed by atoms with Crippen LogP contribution in [0.15, 0.2) is 16.7 Å². The molecule has 9 rings (SSSR count). The number of ketones is 1. The minimum atomic E-state index is -1.34. The lowest BCUT2D eigenvalue weighted by atomic mass is 9.32. The first-order valence-corrected chi connectivity index (χ1v) is 19.0. The molecule has 9 heteroatoms. The lowest BCUT2D eigenvalue weighted by molar-refractivity contribution is -0.282. The molecule has 1 aromatic rings. The van der Waals surface area contributed by atoms with Gasteiger partial charge in [0.05, 0.1) is 29.3 Å². The van der Waals surface area contributed by atoms with Crippen LogP contribution in [0.25, 0.3) is 0 Å². The second kappa shape index (κ2) is 10.2. The number of epoxide rings is 1. The van der Waals surface area contributed by atoms with Gasteiger partial charge in [-0.1, -0.05) is 52.4 Å². The van der Waals surface area contributed by atoms with Crippen molar-refractivity contribution in [1.29, 1.82) is 0 Å². The second-order valence-corrected chi connectivity index (χ2v) is 17.6. The number of aryl methyl sites for hydroxylation is 1. The fourth-order valence-corrected chi connectivity index (χ4v) is 13.9. The van der Waals surface area contributed by atoms with Crippen LogP contribution in [0.1, 0.15) is 129 Å². The van der Waals surface area contributed by atoms with E-state index in [0.717, 1.165) is 75.5 Å². The summed E-state index contributed by atoms with van der Waals surface area (Å²) in [5, 5.41) is 12.9. The third kappa shape index (κ3) is 3.43. The standard InChI is InChI=1S/C39H52O9/c1-5-6-7-14-24-23(16-20-44-24)29-35(4)19-15-25-37-21-45-33(43)36(17-10-11-18-36)32(37)48-34(2,3)27(37)26(40)28(41)38(25,22-12-8-9-13-22)39(35)30(47-39)31(42)46-29/h16,20,22,25,27-30,32,41H,5-15,17-19,21H2,1-4H3/t25?,27-,28-,29-,30-,32+,35-,37-,38+,39+/m1/s1. The van der Waals surface area contributed by atoms with Crippen LogP contribution < -0.4 is 0 Å². The molecule has 48 heavy (non-hydrogen) atoms. The fourth-order valence-electron chi connectivity index (χ4n) is 13.9. The van der Waals surface area contributed by atoms with Gasteiger partial charge in [0.15, 0.2) is 11.9 Å². The smallest absolute Gasteiger partial charge is 0.339 e. The highest BCUT2D eigenvalue weighted by molar-refractivity contribution is 5.92. The van der Waals surface area contributed by atoms with Gasteiger partial charge in [0, 0.05) is 28.2 Å². The van der Waals surface area contributed by atoms with Gasteiger partial charge in [0.1, 0.15) is 30.2 Å².